The average Bonchev–Trinajstić information content (AvgIpc) is 3.05. The molecule has 0 bridgehead atoms. The quantitative estimate of drug-likeness (QED) is 0.535. The maximum Gasteiger partial charge on any atom is 0.269 e. The highest BCUT2D eigenvalue weighted by Crippen LogP contribution is 2.16. The van der Waals surface area contributed by atoms with Crippen molar-refractivity contribution in [2.75, 3.05) is 0 Å². The molecule has 0 saturated heterocycles. The van der Waals surface area contributed by atoms with Crippen LogP contribution < -0.4 is 5.73 Å². The number of hydrogen-bond donors (Lipinski definition) is 2. The van der Waals surface area contributed by atoms with E-state index in [1.807, 2.05) is 30.3 Å². The molecule has 3 N–H and O–H groups in total. The number of non-ortho nitro benzene ring substituents is 1. The van der Waals surface area contributed by atoms with Crippen molar-refractivity contribution in [1.82, 2.24) is 15.2 Å². The zero-order valence-electron chi connectivity index (χ0n) is 12.9. The van der Waals surface area contributed by atoms with Crippen LogP contribution in [0.15, 0.2) is 54.6 Å². The van der Waals surface area contributed by atoms with Crippen LogP contribution >= 0.6 is 0 Å². The number of aromatic nitrogens is 3. The van der Waals surface area contributed by atoms with Crippen LogP contribution in [0.4, 0.5) is 5.69 Å². The normalized spacial score (nSPS) is 12.0. The van der Waals surface area contributed by atoms with Crippen LogP contribution in [-0.4, -0.2) is 20.1 Å². The van der Waals surface area contributed by atoms with Crippen LogP contribution in [0.3, 0.4) is 0 Å². The Balaban J connectivity index is 1.65. The molecule has 0 saturated carbocycles. The molecule has 24 heavy (non-hydrogen) atoms. The van der Waals surface area contributed by atoms with Crippen LogP contribution in [-0.2, 0) is 12.8 Å². The van der Waals surface area contributed by atoms with Gasteiger partial charge in [-0.25, -0.2) is 4.98 Å². The van der Waals surface area contributed by atoms with Gasteiger partial charge in [0.1, 0.15) is 5.82 Å². The lowest BCUT2D eigenvalue weighted by atomic mass is 10.1. The van der Waals surface area contributed by atoms with Gasteiger partial charge in [0.15, 0.2) is 5.82 Å². The van der Waals surface area contributed by atoms with Crippen molar-refractivity contribution < 1.29 is 4.92 Å². The third-order valence-electron chi connectivity index (χ3n) is 3.70. The molecule has 1 heterocycles. The van der Waals surface area contributed by atoms with E-state index in [0.29, 0.717) is 24.5 Å². The summed E-state index contributed by atoms with van der Waals surface area (Å²) in [4.78, 5) is 14.7. The van der Waals surface area contributed by atoms with Crippen molar-refractivity contribution in [1.29, 1.82) is 0 Å². The lowest BCUT2D eigenvalue weighted by molar-refractivity contribution is -0.384. The number of nitro benzene ring substituents is 1. The summed E-state index contributed by atoms with van der Waals surface area (Å²) >= 11 is 0. The summed E-state index contributed by atoms with van der Waals surface area (Å²) in [5, 5.41) is 17.7. The summed E-state index contributed by atoms with van der Waals surface area (Å²) < 4.78 is 0. The Morgan fingerprint density at radius 2 is 1.79 bits per heavy atom. The predicted octanol–water partition coefficient (Wildman–Crippen LogP) is 2.55. The zero-order chi connectivity index (χ0) is 16.9. The molecule has 7 nitrogen and oxygen atoms in total. The molecular weight excluding hydrogens is 306 g/mol. The van der Waals surface area contributed by atoms with Crippen molar-refractivity contribution in [3.8, 4) is 0 Å². The minimum absolute atomic E-state index is 0.0712. The maximum absolute atomic E-state index is 10.7. The Hall–Kier alpha value is -3.06. The van der Waals surface area contributed by atoms with Gasteiger partial charge in [-0.2, -0.15) is 5.10 Å². The molecule has 122 valence electrons. The second-order valence-corrected chi connectivity index (χ2v) is 5.54. The van der Waals surface area contributed by atoms with E-state index in [9.17, 15) is 10.1 Å². The van der Waals surface area contributed by atoms with Gasteiger partial charge in [-0.3, -0.25) is 15.2 Å². The summed E-state index contributed by atoms with van der Waals surface area (Å²) in [6.07, 6.45) is 1.18. The minimum Gasteiger partial charge on any atom is -0.321 e. The fraction of sp³-hybridized carbons (Fsp3) is 0.176. The highest BCUT2D eigenvalue weighted by Gasteiger charge is 2.13. The van der Waals surface area contributed by atoms with Gasteiger partial charge in [-0.05, 0) is 17.5 Å². The first kappa shape index (κ1) is 15.8. The lowest BCUT2D eigenvalue weighted by Crippen LogP contribution is -2.15. The molecule has 0 fully saturated rings. The number of nitrogens with one attached hydrogen (secondary N) is 1. The second-order valence-electron chi connectivity index (χ2n) is 5.54. The van der Waals surface area contributed by atoms with Gasteiger partial charge in [0.2, 0.25) is 0 Å². The number of nitrogens with zero attached hydrogens (tertiary/aromatic N) is 3. The fourth-order valence-corrected chi connectivity index (χ4v) is 2.44. The van der Waals surface area contributed by atoms with Gasteiger partial charge in [0.25, 0.3) is 5.69 Å². The summed E-state index contributed by atoms with van der Waals surface area (Å²) in [5.41, 5.74) is 8.29. The van der Waals surface area contributed by atoms with E-state index in [1.54, 1.807) is 12.1 Å². The van der Waals surface area contributed by atoms with E-state index in [1.165, 1.54) is 12.1 Å². The highest BCUT2D eigenvalue weighted by atomic mass is 16.6. The Labute approximate surface area is 138 Å². The number of benzene rings is 2. The van der Waals surface area contributed by atoms with Crippen molar-refractivity contribution >= 4 is 5.69 Å². The van der Waals surface area contributed by atoms with Crippen LogP contribution in [0.5, 0.6) is 0 Å². The fourth-order valence-electron chi connectivity index (χ4n) is 2.44. The third kappa shape index (κ3) is 3.82. The second kappa shape index (κ2) is 7.01. The van der Waals surface area contributed by atoms with Crippen molar-refractivity contribution in [2.45, 2.75) is 18.9 Å². The van der Waals surface area contributed by atoms with Crippen molar-refractivity contribution in [3.63, 3.8) is 0 Å². The molecule has 3 aromatic rings. The summed E-state index contributed by atoms with van der Waals surface area (Å²) in [5.74, 6) is 1.25. The molecule has 1 aromatic heterocycles. The minimum atomic E-state index is -0.418. The summed E-state index contributed by atoms with van der Waals surface area (Å²) in [7, 11) is 0. The smallest absolute Gasteiger partial charge is 0.269 e. The van der Waals surface area contributed by atoms with Gasteiger partial charge in [-0.15, -0.1) is 0 Å². The number of aromatic amines is 1. The third-order valence-corrected chi connectivity index (χ3v) is 3.70. The van der Waals surface area contributed by atoms with Gasteiger partial charge in [0, 0.05) is 18.6 Å². The standard InChI is InChI=1S/C17H17N5O2/c18-15(10-12-4-2-1-3-5-12)17-19-16(20-21-17)11-13-6-8-14(9-7-13)22(23)24/h1-9,15H,10-11,18H2,(H,19,20,21)/t15-/m1/s1. The Morgan fingerprint density at radius 1 is 1.08 bits per heavy atom. The van der Waals surface area contributed by atoms with Gasteiger partial charge >= 0.3 is 0 Å². The van der Waals surface area contributed by atoms with E-state index < -0.39 is 4.92 Å². The number of hydrogen-bond acceptors (Lipinski definition) is 5. The van der Waals surface area contributed by atoms with Crippen LogP contribution in [0.25, 0.3) is 0 Å². The topological polar surface area (TPSA) is 111 Å². The largest absolute Gasteiger partial charge is 0.321 e. The number of rotatable bonds is 6. The zero-order valence-corrected chi connectivity index (χ0v) is 12.9. The first-order valence-corrected chi connectivity index (χ1v) is 7.56. The molecule has 7 heteroatoms. The van der Waals surface area contributed by atoms with Crippen LogP contribution in [0.2, 0.25) is 0 Å². The van der Waals surface area contributed by atoms with E-state index in [4.69, 9.17) is 5.73 Å². The van der Waals surface area contributed by atoms with E-state index in [0.717, 1.165) is 11.1 Å². The Bertz CT molecular complexity index is 815. The van der Waals surface area contributed by atoms with Crippen molar-refractivity contribution in [2.24, 2.45) is 5.73 Å². The number of H-pyrrole nitrogens is 1. The maximum atomic E-state index is 10.7. The van der Waals surface area contributed by atoms with Gasteiger partial charge in [-0.1, -0.05) is 42.5 Å². The molecule has 0 unspecified atom stereocenters. The molecule has 1 atom stereocenters. The van der Waals surface area contributed by atoms with Gasteiger partial charge < -0.3 is 5.73 Å². The number of nitrogens with two attached hydrogens (primary N) is 1. The lowest BCUT2D eigenvalue weighted by Gasteiger charge is -2.07. The molecular formula is C17H17N5O2. The SMILES string of the molecule is N[C@H](Cc1ccccc1)c1n[nH]c(Cc2ccc([N+](=O)[O-])cc2)n1. The molecule has 0 aliphatic heterocycles. The van der Waals surface area contributed by atoms with Crippen LogP contribution in [0, 0.1) is 10.1 Å². The Morgan fingerprint density at radius 3 is 2.46 bits per heavy atom. The monoisotopic (exact) mass is 323 g/mol. The van der Waals surface area contributed by atoms with E-state index >= 15 is 0 Å². The highest BCUT2D eigenvalue weighted by molar-refractivity contribution is 5.33. The molecule has 3 rings (SSSR count). The average molecular weight is 323 g/mol. The van der Waals surface area contributed by atoms with Crippen molar-refractivity contribution in [3.05, 3.63) is 87.5 Å². The van der Waals surface area contributed by atoms with Crippen LogP contribution in [0.1, 0.15) is 28.8 Å². The summed E-state index contributed by atoms with van der Waals surface area (Å²) in [6, 6.07) is 16.0. The van der Waals surface area contributed by atoms with Gasteiger partial charge in [0.05, 0.1) is 11.0 Å². The Kier molecular flexibility index (Phi) is 4.62. The summed E-state index contributed by atoms with van der Waals surface area (Å²) in [6.45, 7) is 0. The molecule has 0 aliphatic rings. The van der Waals surface area contributed by atoms with E-state index in [2.05, 4.69) is 15.2 Å². The first-order valence-electron chi connectivity index (χ1n) is 7.56. The predicted molar refractivity (Wildman–Crippen MR) is 89.4 cm³/mol. The first-order chi connectivity index (χ1) is 11.6. The molecule has 2 aromatic carbocycles. The van der Waals surface area contributed by atoms with E-state index in [-0.39, 0.29) is 11.7 Å². The number of nitro groups is 1. The molecule has 0 aliphatic carbocycles. The molecule has 0 amide bonds. The molecule has 0 radical (unpaired) electrons. The molecule has 0 spiro atoms.